The van der Waals surface area contributed by atoms with Crippen LogP contribution in [0.25, 0.3) is 10.1 Å². The van der Waals surface area contributed by atoms with Gasteiger partial charge in [0, 0.05) is 37.9 Å². The molecule has 11 heteroatoms. The van der Waals surface area contributed by atoms with E-state index in [1.165, 1.54) is 24.4 Å². The fraction of sp³-hybridized carbons (Fsp3) is 0. The molecule has 1 heterocycles. The van der Waals surface area contributed by atoms with Crippen LogP contribution < -0.4 is 10.7 Å². The Labute approximate surface area is 210 Å². The van der Waals surface area contributed by atoms with Gasteiger partial charge in [0.25, 0.3) is 17.5 Å². The summed E-state index contributed by atoms with van der Waals surface area (Å²) in [7, 11) is 0. The molecule has 0 aliphatic carbocycles. The first-order valence-corrected chi connectivity index (χ1v) is 11.7. The van der Waals surface area contributed by atoms with Gasteiger partial charge in [-0.05, 0) is 48.0 Å². The number of thiophene rings is 1. The van der Waals surface area contributed by atoms with Gasteiger partial charge in [0.05, 0.1) is 16.2 Å². The van der Waals surface area contributed by atoms with E-state index in [-0.39, 0.29) is 15.6 Å². The Hall–Kier alpha value is -3.60. The number of non-ortho nitro benzene ring substituents is 1. The van der Waals surface area contributed by atoms with Crippen molar-refractivity contribution in [3.05, 3.63) is 102 Å². The smallest absolute Gasteiger partial charge is 0.271 e. The normalized spacial score (nSPS) is 11.0. The van der Waals surface area contributed by atoms with Crippen molar-refractivity contribution in [1.82, 2.24) is 5.43 Å². The van der Waals surface area contributed by atoms with Crippen molar-refractivity contribution >= 4 is 78.4 Å². The first-order valence-electron chi connectivity index (χ1n) is 9.68. The number of rotatable bonds is 6. The molecule has 4 rings (SSSR count). The number of hydrogen-bond donors (Lipinski definition) is 2. The quantitative estimate of drug-likeness (QED) is 0.166. The summed E-state index contributed by atoms with van der Waals surface area (Å²) in [5.74, 6) is -0.856. The summed E-state index contributed by atoms with van der Waals surface area (Å²) in [6.07, 6.45) is 1.53. The van der Waals surface area contributed by atoms with Crippen LogP contribution in [0.2, 0.25) is 5.02 Å². The van der Waals surface area contributed by atoms with E-state index in [1.807, 2.05) is 24.3 Å². The maximum Gasteiger partial charge on any atom is 0.271 e. The Bertz CT molecular complexity index is 1440. The van der Waals surface area contributed by atoms with E-state index in [0.717, 1.165) is 21.4 Å². The standard InChI is InChI=1S/C23H14BrClN4O4S/c24-15-5-1-13(2-6-15)12-26-28-22(30)14-3-7-16(8-4-14)27-23(31)21-20(25)18-10-9-17(29(32)33)11-19(18)34-21/h1-12H,(H,27,31)(H,28,30)/b26-12-. The van der Waals surface area contributed by atoms with Crippen molar-refractivity contribution in [3.63, 3.8) is 0 Å². The second-order valence-corrected chi connectivity index (χ2v) is 9.31. The zero-order valence-corrected chi connectivity index (χ0v) is 20.3. The van der Waals surface area contributed by atoms with Crippen LogP contribution in [0, 0.1) is 10.1 Å². The number of amides is 2. The predicted molar refractivity (Wildman–Crippen MR) is 137 cm³/mol. The Balaban J connectivity index is 1.41. The number of hydrogen-bond acceptors (Lipinski definition) is 6. The number of nitro benzene ring substituents is 1. The number of fused-ring (bicyclic) bond motifs is 1. The molecule has 3 aromatic carbocycles. The molecule has 0 unspecified atom stereocenters. The maximum absolute atomic E-state index is 12.7. The van der Waals surface area contributed by atoms with Crippen molar-refractivity contribution < 1.29 is 14.5 Å². The molecule has 0 saturated heterocycles. The number of carbonyl (C=O) groups excluding carboxylic acids is 2. The lowest BCUT2D eigenvalue weighted by Crippen LogP contribution is -2.17. The number of hydrazone groups is 1. The Morgan fingerprint density at radius 1 is 1.03 bits per heavy atom. The summed E-state index contributed by atoms with van der Waals surface area (Å²) >= 11 is 10.7. The van der Waals surface area contributed by atoms with Gasteiger partial charge in [-0.1, -0.05) is 39.7 Å². The molecule has 0 atom stereocenters. The fourth-order valence-electron chi connectivity index (χ4n) is 2.99. The molecule has 0 radical (unpaired) electrons. The third-order valence-electron chi connectivity index (χ3n) is 4.68. The van der Waals surface area contributed by atoms with Gasteiger partial charge in [-0.25, -0.2) is 5.43 Å². The van der Waals surface area contributed by atoms with Crippen LogP contribution >= 0.6 is 38.9 Å². The van der Waals surface area contributed by atoms with Crippen molar-refractivity contribution in [2.24, 2.45) is 5.10 Å². The summed E-state index contributed by atoms with van der Waals surface area (Å²) < 4.78 is 1.49. The second-order valence-electron chi connectivity index (χ2n) is 6.96. The molecule has 1 aromatic heterocycles. The van der Waals surface area contributed by atoms with Crippen LogP contribution in [0.5, 0.6) is 0 Å². The first kappa shape index (κ1) is 23.6. The maximum atomic E-state index is 12.7. The molecule has 0 bridgehead atoms. The summed E-state index contributed by atoms with van der Waals surface area (Å²) in [4.78, 5) is 35.7. The van der Waals surface area contributed by atoms with Crippen molar-refractivity contribution in [2.75, 3.05) is 5.32 Å². The molecule has 8 nitrogen and oxygen atoms in total. The van der Waals surface area contributed by atoms with E-state index in [9.17, 15) is 19.7 Å². The summed E-state index contributed by atoms with van der Waals surface area (Å²) in [5, 5.41) is 18.4. The van der Waals surface area contributed by atoms with Crippen LogP contribution in [0.1, 0.15) is 25.6 Å². The Morgan fingerprint density at radius 3 is 2.41 bits per heavy atom. The minimum absolute atomic E-state index is 0.0765. The van der Waals surface area contributed by atoms with Crippen molar-refractivity contribution in [3.8, 4) is 0 Å². The van der Waals surface area contributed by atoms with Crippen LogP contribution in [-0.4, -0.2) is 23.0 Å². The number of halogens is 2. The van der Waals surface area contributed by atoms with E-state index >= 15 is 0 Å². The number of carbonyl (C=O) groups is 2. The Morgan fingerprint density at radius 2 is 1.74 bits per heavy atom. The van der Waals surface area contributed by atoms with E-state index in [1.54, 1.807) is 24.3 Å². The number of nitro groups is 1. The molecule has 0 saturated carbocycles. The molecular weight excluding hydrogens is 544 g/mol. The van der Waals surface area contributed by atoms with Crippen LogP contribution in [-0.2, 0) is 0 Å². The number of benzene rings is 3. The van der Waals surface area contributed by atoms with Gasteiger partial charge in [0.1, 0.15) is 4.88 Å². The average molecular weight is 558 g/mol. The highest BCUT2D eigenvalue weighted by atomic mass is 79.9. The second kappa shape index (κ2) is 10.1. The predicted octanol–water partition coefficient (Wildman–Crippen LogP) is 6.24. The lowest BCUT2D eigenvalue weighted by atomic mass is 10.2. The highest BCUT2D eigenvalue weighted by Crippen LogP contribution is 2.37. The van der Waals surface area contributed by atoms with E-state index < -0.39 is 16.7 Å². The van der Waals surface area contributed by atoms with E-state index in [2.05, 4.69) is 31.8 Å². The largest absolute Gasteiger partial charge is 0.321 e. The molecule has 4 aromatic rings. The average Bonchev–Trinajstić information content (AvgIpc) is 3.16. The third-order valence-corrected chi connectivity index (χ3v) is 6.87. The Kier molecular flexibility index (Phi) is 7.01. The number of anilines is 1. The lowest BCUT2D eigenvalue weighted by Gasteiger charge is -2.05. The molecular formula is C23H14BrClN4O4S. The molecule has 34 heavy (non-hydrogen) atoms. The molecule has 2 amide bonds. The van der Waals surface area contributed by atoms with E-state index in [0.29, 0.717) is 21.3 Å². The molecule has 0 aliphatic heterocycles. The number of nitrogens with zero attached hydrogens (tertiary/aromatic N) is 2. The molecule has 0 aliphatic rings. The molecule has 0 fully saturated rings. The van der Waals surface area contributed by atoms with Gasteiger partial charge in [-0.3, -0.25) is 19.7 Å². The van der Waals surface area contributed by atoms with Crippen LogP contribution in [0.4, 0.5) is 11.4 Å². The molecule has 2 N–H and O–H groups in total. The molecule has 0 spiro atoms. The minimum atomic E-state index is -0.503. The third kappa shape index (κ3) is 5.30. The zero-order valence-electron chi connectivity index (χ0n) is 17.1. The topological polar surface area (TPSA) is 114 Å². The summed E-state index contributed by atoms with van der Waals surface area (Å²) in [6.45, 7) is 0. The van der Waals surface area contributed by atoms with E-state index in [4.69, 9.17) is 11.6 Å². The van der Waals surface area contributed by atoms with Gasteiger partial charge in [-0.2, -0.15) is 5.10 Å². The van der Waals surface area contributed by atoms with Crippen LogP contribution in [0.3, 0.4) is 0 Å². The lowest BCUT2D eigenvalue weighted by molar-refractivity contribution is -0.384. The highest BCUT2D eigenvalue weighted by molar-refractivity contribution is 9.10. The first-order chi connectivity index (χ1) is 16.3. The van der Waals surface area contributed by atoms with Gasteiger partial charge >= 0.3 is 0 Å². The van der Waals surface area contributed by atoms with Gasteiger partial charge in [-0.15, -0.1) is 11.3 Å². The van der Waals surface area contributed by atoms with Gasteiger partial charge < -0.3 is 5.32 Å². The van der Waals surface area contributed by atoms with Crippen molar-refractivity contribution in [2.45, 2.75) is 0 Å². The zero-order chi connectivity index (χ0) is 24.2. The van der Waals surface area contributed by atoms with Crippen molar-refractivity contribution in [1.29, 1.82) is 0 Å². The van der Waals surface area contributed by atoms with Crippen LogP contribution in [0.15, 0.2) is 76.3 Å². The number of nitrogens with one attached hydrogen (secondary N) is 2. The minimum Gasteiger partial charge on any atom is -0.321 e. The fourth-order valence-corrected chi connectivity index (χ4v) is 4.69. The summed E-state index contributed by atoms with van der Waals surface area (Å²) in [5.41, 5.74) is 4.02. The molecule has 170 valence electrons. The van der Waals surface area contributed by atoms with Gasteiger partial charge in [0.15, 0.2) is 0 Å². The monoisotopic (exact) mass is 556 g/mol. The highest BCUT2D eigenvalue weighted by Gasteiger charge is 2.19. The SMILES string of the molecule is O=C(N/N=C\c1ccc(Br)cc1)c1ccc(NC(=O)c2sc3cc([N+](=O)[O-])ccc3c2Cl)cc1. The summed E-state index contributed by atoms with van der Waals surface area (Å²) in [6, 6.07) is 17.9. The van der Waals surface area contributed by atoms with Gasteiger partial charge in [0.2, 0.25) is 0 Å².